The van der Waals surface area contributed by atoms with Crippen molar-refractivity contribution in [2.24, 2.45) is 0 Å². The highest BCUT2D eigenvalue weighted by Crippen LogP contribution is 2.12. The first-order valence-corrected chi connectivity index (χ1v) is 5.87. The van der Waals surface area contributed by atoms with E-state index in [2.05, 4.69) is 17.1 Å². The van der Waals surface area contributed by atoms with Crippen LogP contribution in [0.1, 0.15) is 22.8 Å². The van der Waals surface area contributed by atoms with Gasteiger partial charge in [0.2, 0.25) is 0 Å². The minimum Gasteiger partial charge on any atom is -0.399 e. The average Bonchev–Trinajstić information content (AvgIpc) is 2.31. The molecule has 3 N–H and O–H groups in total. The second kappa shape index (κ2) is 6.25. The summed E-state index contributed by atoms with van der Waals surface area (Å²) < 4.78 is 0. The molecule has 0 aliphatic carbocycles. The number of nitrogens with one attached hydrogen (secondary N) is 1. The molecule has 17 heavy (non-hydrogen) atoms. The van der Waals surface area contributed by atoms with E-state index in [1.54, 1.807) is 12.1 Å². The van der Waals surface area contributed by atoms with Crippen LogP contribution in [0, 0.1) is 6.92 Å². The predicted octanol–water partition coefficient (Wildman–Crippen LogP) is 1.26. The maximum Gasteiger partial charge on any atom is 0.251 e. The molecule has 0 aromatic heterocycles. The zero-order chi connectivity index (χ0) is 12.8. The number of hydrogen-bond donors (Lipinski definition) is 2. The Hall–Kier alpha value is -1.55. The maximum atomic E-state index is 11.9. The lowest BCUT2D eigenvalue weighted by Crippen LogP contribution is -2.33. The van der Waals surface area contributed by atoms with Crippen LogP contribution >= 0.6 is 0 Å². The molecule has 1 rings (SSSR count). The third kappa shape index (κ3) is 4.07. The van der Waals surface area contributed by atoms with Gasteiger partial charge >= 0.3 is 0 Å². The number of nitrogens with two attached hydrogens (primary N) is 1. The van der Waals surface area contributed by atoms with Crippen LogP contribution in [-0.2, 0) is 0 Å². The third-order valence-corrected chi connectivity index (χ3v) is 2.83. The molecule has 0 unspecified atom stereocenters. The molecule has 0 aliphatic heterocycles. The largest absolute Gasteiger partial charge is 0.399 e. The second-order valence-corrected chi connectivity index (χ2v) is 4.23. The average molecular weight is 235 g/mol. The van der Waals surface area contributed by atoms with Gasteiger partial charge in [-0.15, -0.1) is 0 Å². The third-order valence-electron chi connectivity index (χ3n) is 2.83. The highest BCUT2D eigenvalue weighted by atomic mass is 16.1. The summed E-state index contributed by atoms with van der Waals surface area (Å²) in [4.78, 5) is 14.0. The molecule has 0 fully saturated rings. The molecular weight excluding hydrogens is 214 g/mol. The fourth-order valence-corrected chi connectivity index (χ4v) is 1.50. The molecule has 0 bridgehead atoms. The molecule has 1 amide bonds. The van der Waals surface area contributed by atoms with Gasteiger partial charge in [0.05, 0.1) is 0 Å². The fourth-order valence-electron chi connectivity index (χ4n) is 1.50. The number of amides is 1. The summed E-state index contributed by atoms with van der Waals surface area (Å²) in [6.45, 7) is 6.48. The number of aryl methyl sites for hydroxylation is 1. The van der Waals surface area contributed by atoms with E-state index in [4.69, 9.17) is 5.73 Å². The van der Waals surface area contributed by atoms with Gasteiger partial charge in [0.1, 0.15) is 0 Å². The van der Waals surface area contributed by atoms with Crippen LogP contribution < -0.4 is 11.1 Å². The number of nitrogens with zero attached hydrogens (tertiary/aromatic N) is 1. The van der Waals surface area contributed by atoms with E-state index in [0.29, 0.717) is 17.8 Å². The number of nitrogen functional groups attached to an aromatic ring is 1. The Labute approximate surface area is 103 Å². The number of rotatable bonds is 5. The predicted molar refractivity (Wildman–Crippen MR) is 71.1 cm³/mol. The van der Waals surface area contributed by atoms with Gasteiger partial charge in [-0.25, -0.2) is 0 Å². The smallest absolute Gasteiger partial charge is 0.251 e. The molecule has 0 saturated carbocycles. The molecule has 94 valence electrons. The SMILES string of the molecule is CCN(C)CCNC(=O)c1cc(N)ccc1C. The highest BCUT2D eigenvalue weighted by Gasteiger charge is 2.08. The Morgan fingerprint density at radius 1 is 1.47 bits per heavy atom. The Balaban J connectivity index is 2.55. The summed E-state index contributed by atoms with van der Waals surface area (Å²) in [6, 6.07) is 5.38. The van der Waals surface area contributed by atoms with Crippen LogP contribution in [0.3, 0.4) is 0 Å². The number of anilines is 1. The molecule has 1 aromatic carbocycles. The molecule has 0 radical (unpaired) electrons. The van der Waals surface area contributed by atoms with Crippen molar-refractivity contribution in [3.05, 3.63) is 29.3 Å². The summed E-state index contributed by atoms with van der Waals surface area (Å²) in [6.07, 6.45) is 0. The number of carbonyl (C=O) groups is 1. The van der Waals surface area contributed by atoms with Crippen molar-refractivity contribution >= 4 is 11.6 Å². The molecule has 0 saturated heterocycles. The Bertz CT molecular complexity index is 390. The van der Waals surface area contributed by atoms with Crippen molar-refractivity contribution < 1.29 is 4.79 Å². The first kappa shape index (κ1) is 13.5. The molecule has 0 spiro atoms. The first-order valence-electron chi connectivity index (χ1n) is 5.87. The van der Waals surface area contributed by atoms with Crippen molar-refractivity contribution in [1.82, 2.24) is 10.2 Å². The van der Waals surface area contributed by atoms with E-state index in [1.165, 1.54) is 0 Å². The van der Waals surface area contributed by atoms with Crippen molar-refractivity contribution in [2.75, 3.05) is 32.4 Å². The van der Waals surface area contributed by atoms with Crippen molar-refractivity contribution in [1.29, 1.82) is 0 Å². The lowest BCUT2D eigenvalue weighted by atomic mass is 10.1. The molecule has 1 aromatic rings. The fraction of sp³-hybridized carbons (Fsp3) is 0.462. The van der Waals surface area contributed by atoms with Gasteiger partial charge in [-0.05, 0) is 38.2 Å². The topological polar surface area (TPSA) is 58.4 Å². The van der Waals surface area contributed by atoms with Gasteiger partial charge in [0.25, 0.3) is 5.91 Å². The quantitative estimate of drug-likeness (QED) is 0.755. The Morgan fingerprint density at radius 2 is 2.18 bits per heavy atom. The molecule has 4 heteroatoms. The number of likely N-dealkylation sites (N-methyl/N-ethyl adjacent to an activating group) is 1. The lowest BCUT2D eigenvalue weighted by Gasteiger charge is -2.14. The lowest BCUT2D eigenvalue weighted by molar-refractivity contribution is 0.0949. The van der Waals surface area contributed by atoms with Gasteiger partial charge in [0.15, 0.2) is 0 Å². The van der Waals surface area contributed by atoms with Crippen LogP contribution in [0.15, 0.2) is 18.2 Å². The van der Waals surface area contributed by atoms with Crippen molar-refractivity contribution in [2.45, 2.75) is 13.8 Å². The van der Waals surface area contributed by atoms with E-state index in [1.807, 2.05) is 20.0 Å². The first-order chi connectivity index (χ1) is 8.04. The van der Waals surface area contributed by atoms with Crippen LogP contribution in [0.4, 0.5) is 5.69 Å². The minimum atomic E-state index is -0.0562. The van der Waals surface area contributed by atoms with E-state index in [0.717, 1.165) is 18.7 Å². The van der Waals surface area contributed by atoms with Crippen LogP contribution in [0.2, 0.25) is 0 Å². The Kier molecular flexibility index (Phi) is 4.97. The minimum absolute atomic E-state index is 0.0562. The zero-order valence-corrected chi connectivity index (χ0v) is 10.8. The molecule has 0 atom stereocenters. The van der Waals surface area contributed by atoms with Crippen LogP contribution in [0.5, 0.6) is 0 Å². The monoisotopic (exact) mass is 235 g/mol. The molecular formula is C13H21N3O. The number of carbonyl (C=O) groups excluding carboxylic acids is 1. The highest BCUT2D eigenvalue weighted by molar-refractivity contribution is 5.96. The summed E-state index contributed by atoms with van der Waals surface area (Å²) in [5.74, 6) is -0.0562. The number of hydrogen-bond acceptors (Lipinski definition) is 3. The van der Waals surface area contributed by atoms with Crippen LogP contribution in [0.25, 0.3) is 0 Å². The van der Waals surface area contributed by atoms with Crippen molar-refractivity contribution in [3.63, 3.8) is 0 Å². The standard InChI is InChI=1S/C13H21N3O/c1-4-16(3)8-7-15-13(17)12-9-11(14)6-5-10(12)2/h5-6,9H,4,7-8,14H2,1-3H3,(H,15,17). The van der Waals surface area contributed by atoms with Crippen LogP contribution in [-0.4, -0.2) is 37.5 Å². The summed E-state index contributed by atoms with van der Waals surface area (Å²) in [7, 11) is 2.03. The van der Waals surface area contributed by atoms with Gasteiger partial charge in [0, 0.05) is 24.3 Å². The van der Waals surface area contributed by atoms with Gasteiger partial charge in [-0.3, -0.25) is 4.79 Å². The van der Waals surface area contributed by atoms with E-state index >= 15 is 0 Å². The molecule has 0 heterocycles. The van der Waals surface area contributed by atoms with E-state index < -0.39 is 0 Å². The summed E-state index contributed by atoms with van der Waals surface area (Å²) in [5, 5.41) is 2.90. The zero-order valence-electron chi connectivity index (χ0n) is 10.8. The maximum absolute atomic E-state index is 11.9. The Morgan fingerprint density at radius 3 is 2.82 bits per heavy atom. The van der Waals surface area contributed by atoms with Crippen molar-refractivity contribution in [3.8, 4) is 0 Å². The second-order valence-electron chi connectivity index (χ2n) is 4.23. The number of benzene rings is 1. The molecule has 0 aliphatic rings. The normalized spacial score (nSPS) is 10.6. The molecule has 4 nitrogen and oxygen atoms in total. The van der Waals surface area contributed by atoms with Gasteiger partial charge in [-0.2, -0.15) is 0 Å². The van der Waals surface area contributed by atoms with Gasteiger partial charge in [-0.1, -0.05) is 13.0 Å². The van der Waals surface area contributed by atoms with E-state index in [-0.39, 0.29) is 5.91 Å². The summed E-state index contributed by atoms with van der Waals surface area (Å²) >= 11 is 0. The van der Waals surface area contributed by atoms with E-state index in [9.17, 15) is 4.79 Å². The van der Waals surface area contributed by atoms with Gasteiger partial charge < -0.3 is 16.0 Å². The summed E-state index contributed by atoms with van der Waals surface area (Å²) in [5.41, 5.74) is 7.89.